The van der Waals surface area contributed by atoms with E-state index in [4.69, 9.17) is 10.3 Å². The first-order valence-corrected chi connectivity index (χ1v) is 5.26. The van der Waals surface area contributed by atoms with Crippen LogP contribution in [0.15, 0.2) is 24.3 Å². The van der Waals surface area contributed by atoms with E-state index in [0.717, 1.165) is 0 Å². The highest BCUT2D eigenvalue weighted by Crippen LogP contribution is 2.19. The van der Waals surface area contributed by atoms with E-state index in [1.807, 2.05) is 0 Å². The zero-order valence-electron chi connectivity index (χ0n) is 7.54. The molecule has 14 heavy (non-hydrogen) atoms. The second-order valence-electron chi connectivity index (χ2n) is 2.83. The van der Waals surface area contributed by atoms with Crippen LogP contribution in [0.25, 0.3) is 0 Å². The van der Waals surface area contributed by atoms with Crippen molar-refractivity contribution >= 4 is 16.1 Å². The van der Waals surface area contributed by atoms with Crippen LogP contribution >= 0.6 is 0 Å². The zero-order valence-corrected chi connectivity index (χ0v) is 8.36. The Morgan fingerprint density at radius 1 is 1.36 bits per heavy atom. The molecule has 5 nitrogen and oxygen atoms in total. The van der Waals surface area contributed by atoms with Gasteiger partial charge in [0, 0.05) is 5.69 Å². The third-order valence-electron chi connectivity index (χ3n) is 1.67. The standard InChI is InChI=1S/C8H11NO4S/c1-6(13-14(10,11)12)7-2-4-8(9)5-3-7/h2-6H,9H2,1H3,(H,10,11,12). The molecule has 3 N–H and O–H groups in total. The SMILES string of the molecule is CC(OS(=O)(=O)O)c1ccc(N)cc1. The van der Waals surface area contributed by atoms with Crippen molar-refractivity contribution in [3.63, 3.8) is 0 Å². The molecule has 0 bridgehead atoms. The lowest BCUT2D eigenvalue weighted by Crippen LogP contribution is -2.08. The van der Waals surface area contributed by atoms with Gasteiger partial charge in [-0.15, -0.1) is 0 Å². The number of rotatable bonds is 3. The van der Waals surface area contributed by atoms with Crippen LogP contribution in [0, 0.1) is 0 Å². The fourth-order valence-electron chi connectivity index (χ4n) is 1.00. The summed E-state index contributed by atoms with van der Waals surface area (Å²) >= 11 is 0. The van der Waals surface area contributed by atoms with Gasteiger partial charge in [-0.1, -0.05) is 12.1 Å². The quantitative estimate of drug-likeness (QED) is 0.585. The first kappa shape index (κ1) is 11.0. The number of nitrogen functional groups attached to an aromatic ring is 1. The van der Waals surface area contributed by atoms with Crippen LogP contribution in [-0.4, -0.2) is 13.0 Å². The van der Waals surface area contributed by atoms with Crippen molar-refractivity contribution in [2.24, 2.45) is 0 Å². The maximum atomic E-state index is 10.4. The molecule has 0 amide bonds. The van der Waals surface area contributed by atoms with Crippen LogP contribution in [-0.2, 0) is 14.6 Å². The summed E-state index contributed by atoms with van der Waals surface area (Å²) in [7, 11) is -4.41. The molecule has 1 atom stereocenters. The van der Waals surface area contributed by atoms with Gasteiger partial charge in [-0.05, 0) is 24.6 Å². The first-order valence-electron chi connectivity index (χ1n) is 3.89. The van der Waals surface area contributed by atoms with Gasteiger partial charge in [0.1, 0.15) is 6.10 Å². The molecule has 6 heteroatoms. The van der Waals surface area contributed by atoms with Gasteiger partial charge in [-0.3, -0.25) is 4.55 Å². The van der Waals surface area contributed by atoms with Crippen molar-refractivity contribution in [3.8, 4) is 0 Å². The molecule has 0 aromatic heterocycles. The predicted octanol–water partition coefficient (Wildman–Crippen LogP) is 1.15. The van der Waals surface area contributed by atoms with Crippen LogP contribution in [0.2, 0.25) is 0 Å². The summed E-state index contributed by atoms with van der Waals surface area (Å²) in [5, 5.41) is 0. The zero-order chi connectivity index (χ0) is 10.8. The molecular weight excluding hydrogens is 206 g/mol. The molecule has 1 rings (SSSR count). The van der Waals surface area contributed by atoms with E-state index in [9.17, 15) is 8.42 Å². The van der Waals surface area contributed by atoms with Crippen LogP contribution in [0.5, 0.6) is 0 Å². The van der Waals surface area contributed by atoms with Gasteiger partial charge in [0.2, 0.25) is 0 Å². The summed E-state index contributed by atoms with van der Waals surface area (Å²) in [6, 6.07) is 6.51. The smallest absolute Gasteiger partial charge is 0.397 e. The Hall–Kier alpha value is -1.11. The Labute approximate surface area is 82.5 Å². The lowest BCUT2D eigenvalue weighted by atomic mass is 10.1. The summed E-state index contributed by atoms with van der Waals surface area (Å²) in [6.07, 6.45) is -0.731. The molecule has 1 unspecified atom stereocenters. The van der Waals surface area contributed by atoms with E-state index in [1.54, 1.807) is 24.3 Å². The molecule has 78 valence electrons. The number of nitrogens with two attached hydrogens (primary N) is 1. The maximum absolute atomic E-state index is 10.4. The summed E-state index contributed by atoms with van der Waals surface area (Å²) in [5.41, 5.74) is 6.64. The van der Waals surface area contributed by atoms with Crippen molar-refractivity contribution in [1.82, 2.24) is 0 Å². The minimum atomic E-state index is -4.41. The predicted molar refractivity (Wildman–Crippen MR) is 51.9 cm³/mol. The second kappa shape index (κ2) is 3.95. The first-order chi connectivity index (χ1) is 6.38. The van der Waals surface area contributed by atoms with Gasteiger partial charge in [-0.25, -0.2) is 4.18 Å². The minimum Gasteiger partial charge on any atom is -0.399 e. The molecule has 0 aliphatic rings. The molecule has 0 saturated carbocycles. The fourth-order valence-corrected chi connectivity index (χ4v) is 1.48. The highest BCUT2D eigenvalue weighted by atomic mass is 32.3. The lowest BCUT2D eigenvalue weighted by molar-refractivity contribution is 0.201. The fraction of sp³-hybridized carbons (Fsp3) is 0.250. The van der Waals surface area contributed by atoms with Crippen LogP contribution < -0.4 is 5.73 Å². The normalized spacial score (nSPS) is 13.9. The molecule has 0 heterocycles. The number of anilines is 1. The van der Waals surface area contributed by atoms with Gasteiger partial charge in [0.15, 0.2) is 0 Å². The Kier molecular flexibility index (Phi) is 3.10. The molecular formula is C8H11NO4S. The Bertz CT molecular complexity index is 398. The van der Waals surface area contributed by atoms with E-state index < -0.39 is 16.5 Å². The topological polar surface area (TPSA) is 89.6 Å². The largest absolute Gasteiger partial charge is 0.399 e. The van der Waals surface area contributed by atoms with Gasteiger partial charge in [0.25, 0.3) is 0 Å². The summed E-state index contributed by atoms with van der Waals surface area (Å²) in [6.45, 7) is 1.51. The summed E-state index contributed by atoms with van der Waals surface area (Å²) < 4.78 is 33.6. The van der Waals surface area contributed by atoms with Gasteiger partial charge in [-0.2, -0.15) is 8.42 Å². The number of hydrogen-bond acceptors (Lipinski definition) is 4. The van der Waals surface area contributed by atoms with Gasteiger partial charge < -0.3 is 5.73 Å². The Balaban J connectivity index is 2.80. The van der Waals surface area contributed by atoms with E-state index in [1.165, 1.54) is 6.92 Å². The van der Waals surface area contributed by atoms with Crippen molar-refractivity contribution < 1.29 is 17.2 Å². The summed E-state index contributed by atoms with van der Waals surface area (Å²) in [4.78, 5) is 0. The highest BCUT2D eigenvalue weighted by molar-refractivity contribution is 7.80. The minimum absolute atomic E-state index is 0.577. The number of benzene rings is 1. The van der Waals surface area contributed by atoms with Crippen molar-refractivity contribution in [1.29, 1.82) is 0 Å². The monoisotopic (exact) mass is 217 g/mol. The van der Waals surface area contributed by atoms with Crippen LogP contribution in [0.3, 0.4) is 0 Å². The van der Waals surface area contributed by atoms with E-state index in [-0.39, 0.29) is 0 Å². The van der Waals surface area contributed by atoms with Crippen LogP contribution in [0.1, 0.15) is 18.6 Å². The maximum Gasteiger partial charge on any atom is 0.397 e. The molecule has 1 aromatic rings. The van der Waals surface area contributed by atoms with Crippen molar-refractivity contribution in [3.05, 3.63) is 29.8 Å². The van der Waals surface area contributed by atoms with E-state index >= 15 is 0 Å². The average molecular weight is 217 g/mol. The molecule has 0 aliphatic carbocycles. The average Bonchev–Trinajstić information content (AvgIpc) is 2.02. The van der Waals surface area contributed by atoms with Crippen molar-refractivity contribution in [2.75, 3.05) is 5.73 Å². The van der Waals surface area contributed by atoms with E-state index in [2.05, 4.69) is 4.18 Å². The molecule has 0 saturated heterocycles. The molecule has 1 aromatic carbocycles. The van der Waals surface area contributed by atoms with Gasteiger partial charge in [0.05, 0.1) is 0 Å². The third kappa shape index (κ3) is 3.33. The Morgan fingerprint density at radius 3 is 2.29 bits per heavy atom. The molecule has 0 aliphatic heterocycles. The molecule has 0 spiro atoms. The number of hydrogen-bond donors (Lipinski definition) is 2. The van der Waals surface area contributed by atoms with Crippen LogP contribution in [0.4, 0.5) is 5.69 Å². The second-order valence-corrected chi connectivity index (χ2v) is 3.88. The van der Waals surface area contributed by atoms with Crippen molar-refractivity contribution in [2.45, 2.75) is 13.0 Å². The summed E-state index contributed by atoms with van der Waals surface area (Å²) in [5.74, 6) is 0. The van der Waals surface area contributed by atoms with Gasteiger partial charge >= 0.3 is 10.4 Å². The highest BCUT2D eigenvalue weighted by Gasteiger charge is 2.13. The lowest BCUT2D eigenvalue weighted by Gasteiger charge is -2.09. The third-order valence-corrected chi connectivity index (χ3v) is 2.20. The molecule has 0 fully saturated rings. The van der Waals surface area contributed by atoms with E-state index in [0.29, 0.717) is 11.3 Å². The molecule has 0 radical (unpaired) electrons. The Morgan fingerprint density at radius 2 is 1.86 bits per heavy atom.